The van der Waals surface area contributed by atoms with Crippen LogP contribution in [0.4, 0.5) is 5.69 Å². The standard InChI is InChI=1S/C20H18N2OS/c1-13-15-9-11-24-18(15)8-10-21(13)12-22-17-7-3-5-14-4-2-6-16(19(14)17)20(22)23/h2-7,9,11,13H,8,10,12H2,1H3/p+1/t13-/m1/s1. The highest BCUT2D eigenvalue weighted by atomic mass is 32.1. The van der Waals surface area contributed by atoms with Gasteiger partial charge in [-0.25, -0.2) is 0 Å². The summed E-state index contributed by atoms with van der Waals surface area (Å²) in [5, 5.41) is 4.47. The van der Waals surface area contributed by atoms with Gasteiger partial charge < -0.3 is 4.90 Å². The van der Waals surface area contributed by atoms with Crippen molar-refractivity contribution in [2.24, 2.45) is 0 Å². The van der Waals surface area contributed by atoms with E-state index in [4.69, 9.17) is 0 Å². The van der Waals surface area contributed by atoms with Crippen LogP contribution in [-0.2, 0) is 6.42 Å². The van der Waals surface area contributed by atoms with E-state index in [9.17, 15) is 4.79 Å². The number of rotatable bonds is 2. The number of fused-ring (bicyclic) bond motifs is 1. The Morgan fingerprint density at radius 2 is 2.04 bits per heavy atom. The van der Waals surface area contributed by atoms with Gasteiger partial charge in [-0.2, -0.15) is 0 Å². The van der Waals surface area contributed by atoms with Crippen LogP contribution in [0, 0.1) is 0 Å². The minimum atomic E-state index is 0.151. The molecule has 3 aromatic rings. The van der Waals surface area contributed by atoms with Gasteiger partial charge in [0.1, 0.15) is 6.04 Å². The fourth-order valence-electron chi connectivity index (χ4n) is 4.21. The quantitative estimate of drug-likeness (QED) is 0.765. The number of anilines is 1. The Labute approximate surface area is 145 Å². The van der Waals surface area contributed by atoms with Gasteiger partial charge in [-0.05, 0) is 35.9 Å². The van der Waals surface area contributed by atoms with Crippen molar-refractivity contribution >= 4 is 33.7 Å². The lowest BCUT2D eigenvalue weighted by molar-refractivity contribution is -0.930. The maximum absolute atomic E-state index is 13.0. The Bertz CT molecular complexity index is 956. The van der Waals surface area contributed by atoms with Crippen molar-refractivity contribution < 1.29 is 9.69 Å². The van der Waals surface area contributed by atoms with E-state index in [1.54, 1.807) is 0 Å². The van der Waals surface area contributed by atoms with Crippen molar-refractivity contribution in [3.8, 4) is 0 Å². The summed E-state index contributed by atoms with van der Waals surface area (Å²) in [6.07, 6.45) is 1.12. The Balaban J connectivity index is 1.51. The zero-order valence-corrected chi connectivity index (χ0v) is 14.4. The maximum atomic E-state index is 13.0. The summed E-state index contributed by atoms with van der Waals surface area (Å²) in [4.78, 5) is 17.9. The predicted molar refractivity (Wildman–Crippen MR) is 97.9 cm³/mol. The highest BCUT2D eigenvalue weighted by molar-refractivity contribution is 7.10. The molecule has 2 atom stereocenters. The van der Waals surface area contributed by atoms with Gasteiger partial charge in [0.25, 0.3) is 5.91 Å². The molecule has 3 nitrogen and oxygen atoms in total. The van der Waals surface area contributed by atoms with Gasteiger partial charge in [-0.1, -0.05) is 24.3 Å². The van der Waals surface area contributed by atoms with E-state index in [-0.39, 0.29) is 5.91 Å². The molecule has 0 saturated carbocycles. The molecule has 1 aromatic heterocycles. The summed E-state index contributed by atoms with van der Waals surface area (Å²) in [5.74, 6) is 0.151. The molecule has 2 aromatic carbocycles. The van der Waals surface area contributed by atoms with E-state index in [1.807, 2.05) is 28.4 Å². The van der Waals surface area contributed by atoms with E-state index in [2.05, 4.69) is 42.6 Å². The lowest BCUT2D eigenvalue weighted by Crippen LogP contribution is -3.14. The second-order valence-electron chi connectivity index (χ2n) is 6.75. The number of quaternary nitrogens is 1. The first-order valence-corrected chi connectivity index (χ1v) is 9.36. The molecule has 0 fully saturated rings. The van der Waals surface area contributed by atoms with E-state index < -0.39 is 0 Å². The van der Waals surface area contributed by atoms with E-state index in [1.165, 1.54) is 15.3 Å². The zero-order chi connectivity index (χ0) is 16.3. The van der Waals surface area contributed by atoms with Crippen LogP contribution in [0.15, 0.2) is 47.8 Å². The minimum Gasteiger partial charge on any atom is -0.311 e. The summed E-state index contributed by atoms with van der Waals surface area (Å²) in [7, 11) is 0. The third kappa shape index (κ3) is 1.90. The van der Waals surface area contributed by atoms with Crippen molar-refractivity contribution in [3.05, 3.63) is 63.8 Å². The fourth-order valence-corrected chi connectivity index (χ4v) is 5.18. The molecule has 1 unspecified atom stereocenters. The normalized spacial score (nSPS) is 22.2. The zero-order valence-electron chi connectivity index (χ0n) is 13.6. The number of hydrogen-bond acceptors (Lipinski definition) is 2. The fraction of sp³-hybridized carbons (Fsp3) is 0.250. The van der Waals surface area contributed by atoms with Crippen LogP contribution in [0.3, 0.4) is 0 Å². The number of hydrogen-bond donors (Lipinski definition) is 1. The van der Waals surface area contributed by atoms with Gasteiger partial charge in [0.2, 0.25) is 0 Å². The largest absolute Gasteiger partial charge is 0.311 e. The van der Waals surface area contributed by atoms with Crippen LogP contribution in [-0.4, -0.2) is 19.1 Å². The number of nitrogens with zero attached hydrogens (tertiary/aromatic N) is 1. The Hall–Kier alpha value is -2.17. The summed E-state index contributed by atoms with van der Waals surface area (Å²) in [6, 6.07) is 15.0. The third-order valence-electron chi connectivity index (χ3n) is 5.54. The van der Waals surface area contributed by atoms with Crippen molar-refractivity contribution in [3.63, 3.8) is 0 Å². The molecule has 120 valence electrons. The average molecular weight is 335 g/mol. The van der Waals surface area contributed by atoms with Gasteiger partial charge in [-0.15, -0.1) is 11.3 Å². The number of carbonyl (C=O) groups excluding carboxylic acids is 1. The van der Waals surface area contributed by atoms with E-state index >= 15 is 0 Å². The van der Waals surface area contributed by atoms with E-state index in [0.717, 1.165) is 41.7 Å². The molecule has 1 N–H and O–H groups in total. The smallest absolute Gasteiger partial charge is 0.263 e. The van der Waals surface area contributed by atoms with Crippen LogP contribution < -0.4 is 9.80 Å². The molecule has 4 heteroatoms. The molecular formula is C20H19N2OS+. The van der Waals surface area contributed by atoms with Crippen molar-refractivity contribution in [2.75, 3.05) is 18.1 Å². The number of amides is 1. The lowest BCUT2D eigenvalue weighted by Gasteiger charge is -2.33. The third-order valence-corrected chi connectivity index (χ3v) is 6.54. The Kier molecular flexibility index (Phi) is 3.05. The molecule has 0 saturated heterocycles. The predicted octanol–water partition coefficient (Wildman–Crippen LogP) is 3.02. The molecule has 0 spiro atoms. The number of benzene rings is 2. The minimum absolute atomic E-state index is 0.151. The summed E-state index contributed by atoms with van der Waals surface area (Å²) >= 11 is 1.87. The Morgan fingerprint density at radius 3 is 2.92 bits per heavy atom. The molecular weight excluding hydrogens is 316 g/mol. The van der Waals surface area contributed by atoms with Crippen LogP contribution in [0.2, 0.25) is 0 Å². The molecule has 1 amide bonds. The molecule has 3 heterocycles. The average Bonchev–Trinajstić information content (AvgIpc) is 3.18. The van der Waals surface area contributed by atoms with Crippen LogP contribution in [0.1, 0.15) is 33.8 Å². The van der Waals surface area contributed by atoms with Crippen LogP contribution in [0.5, 0.6) is 0 Å². The van der Waals surface area contributed by atoms with Crippen molar-refractivity contribution in [1.82, 2.24) is 0 Å². The van der Waals surface area contributed by atoms with Gasteiger partial charge in [0.15, 0.2) is 6.67 Å². The molecule has 24 heavy (non-hydrogen) atoms. The van der Waals surface area contributed by atoms with Crippen LogP contribution >= 0.6 is 11.3 Å². The molecule has 2 aliphatic rings. The second-order valence-corrected chi connectivity index (χ2v) is 7.75. The van der Waals surface area contributed by atoms with Crippen molar-refractivity contribution in [1.29, 1.82) is 0 Å². The summed E-state index contributed by atoms with van der Waals surface area (Å²) in [6.45, 7) is 4.11. The first-order chi connectivity index (χ1) is 11.7. The monoisotopic (exact) mass is 335 g/mol. The summed E-state index contributed by atoms with van der Waals surface area (Å²) in [5.41, 5.74) is 3.39. The number of carbonyl (C=O) groups is 1. The van der Waals surface area contributed by atoms with E-state index in [0.29, 0.717) is 6.04 Å². The first-order valence-electron chi connectivity index (χ1n) is 8.48. The molecule has 0 radical (unpaired) electrons. The second kappa shape index (κ2) is 5.16. The molecule has 0 aliphatic carbocycles. The molecule has 0 bridgehead atoms. The molecule has 5 rings (SSSR count). The number of thiophene rings is 1. The molecule has 2 aliphatic heterocycles. The topological polar surface area (TPSA) is 24.8 Å². The van der Waals surface area contributed by atoms with Gasteiger partial charge >= 0.3 is 0 Å². The summed E-state index contributed by atoms with van der Waals surface area (Å²) < 4.78 is 0. The van der Waals surface area contributed by atoms with Crippen LogP contribution in [0.25, 0.3) is 10.8 Å². The maximum Gasteiger partial charge on any atom is 0.263 e. The Morgan fingerprint density at radius 1 is 1.21 bits per heavy atom. The highest BCUT2D eigenvalue weighted by Crippen LogP contribution is 2.36. The lowest BCUT2D eigenvalue weighted by atomic mass is 10.0. The van der Waals surface area contributed by atoms with Gasteiger partial charge in [0, 0.05) is 22.2 Å². The van der Waals surface area contributed by atoms with Crippen molar-refractivity contribution in [2.45, 2.75) is 19.4 Å². The van der Waals surface area contributed by atoms with Gasteiger partial charge in [0.05, 0.1) is 17.8 Å². The first kappa shape index (κ1) is 14.2. The highest BCUT2D eigenvalue weighted by Gasteiger charge is 2.35. The van der Waals surface area contributed by atoms with Gasteiger partial charge in [-0.3, -0.25) is 9.69 Å². The number of nitrogens with one attached hydrogen (secondary N) is 1. The SMILES string of the molecule is C[C@@H]1c2ccsc2CC[NH+]1CN1C(=O)c2cccc3cccc1c23.